The van der Waals surface area contributed by atoms with Crippen molar-refractivity contribution in [3.8, 4) is 0 Å². The normalized spacial score (nSPS) is 19.8. The van der Waals surface area contributed by atoms with E-state index in [0.29, 0.717) is 19.6 Å². The van der Waals surface area contributed by atoms with E-state index in [1.807, 2.05) is 26.1 Å². The number of benzene rings is 2. The highest BCUT2D eigenvalue weighted by Gasteiger charge is 2.31. The van der Waals surface area contributed by atoms with E-state index in [1.165, 1.54) is 10.8 Å². The Morgan fingerprint density at radius 2 is 2.04 bits per heavy atom. The minimum atomic E-state index is -0.569. The fourth-order valence-electron chi connectivity index (χ4n) is 3.94. The Balaban J connectivity index is 1.38. The third kappa shape index (κ3) is 3.60. The molecule has 3 aromatic rings. The van der Waals surface area contributed by atoms with E-state index in [9.17, 15) is 9.90 Å². The van der Waals surface area contributed by atoms with Crippen LogP contribution in [0.15, 0.2) is 48.7 Å². The Bertz CT molecular complexity index is 997. The van der Waals surface area contributed by atoms with Crippen molar-refractivity contribution in [3.63, 3.8) is 0 Å². The molecule has 146 valence electrons. The van der Waals surface area contributed by atoms with Gasteiger partial charge in [-0.25, -0.2) is 4.79 Å². The number of nitrogens with zero attached hydrogens (tertiary/aromatic N) is 3. The monoisotopic (exact) mass is 378 g/mol. The number of β-amino-alcohol motifs (C(OH)–C–C–N with tert-alkyl or cyclic N) is 1. The number of piperidine rings is 1. The number of amides is 2. The second-order valence-electron chi connectivity index (χ2n) is 7.55. The molecular formula is C22H26N4O2. The van der Waals surface area contributed by atoms with Crippen LogP contribution >= 0.6 is 0 Å². The Labute approximate surface area is 164 Å². The molecule has 2 aromatic carbocycles. The third-order valence-electron chi connectivity index (χ3n) is 5.84. The van der Waals surface area contributed by atoms with E-state index in [4.69, 9.17) is 0 Å². The molecule has 0 spiro atoms. The average molecular weight is 378 g/mol. The maximum atomic E-state index is 12.5. The molecule has 0 bridgehead atoms. The van der Waals surface area contributed by atoms with Crippen molar-refractivity contribution in [1.82, 2.24) is 20.0 Å². The highest BCUT2D eigenvalue weighted by atomic mass is 16.3. The summed E-state index contributed by atoms with van der Waals surface area (Å²) in [6.07, 6.45) is 1.95. The van der Waals surface area contributed by atoms with Gasteiger partial charge in [-0.15, -0.1) is 0 Å². The van der Waals surface area contributed by atoms with Crippen molar-refractivity contribution in [2.75, 3.05) is 13.1 Å². The first kappa shape index (κ1) is 18.5. The summed E-state index contributed by atoms with van der Waals surface area (Å²) < 4.78 is 1.79. The minimum Gasteiger partial charge on any atom is -0.391 e. The van der Waals surface area contributed by atoms with Gasteiger partial charge in [0, 0.05) is 43.9 Å². The lowest BCUT2D eigenvalue weighted by molar-refractivity contribution is 0.0654. The Hall–Kier alpha value is -2.86. The molecular weight excluding hydrogens is 352 g/mol. The first-order valence-electron chi connectivity index (χ1n) is 9.70. The number of fused-ring (bicyclic) bond motifs is 1. The van der Waals surface area contributed by atoms with Gasteiger partial charge >= 0.3 is 6.03 Å². The Morgan fingerprint density at radius 3 is 2.75 bits per heavy atom. The van der Waals surface area contributed by atoms with Crippen molar-refractivity contribution in [1.29, 1.82) is 0 Å². The Kier molecular flexibility index (Phi) is 5.05. The summed E-state index contributed by atoms with van der Waals surface area (Å²) in [5.41, 5.74) is 3.18. The van der Waals surface area contributed by atoms with Crippen LogP contribution in [0.25, 0.3) is 10.8 Å². The number of urea groups is 1. The third-order valence-corrected chi connectivity index (χ3v) is 5.84. The molecule has 1 fully saturated rings. The Morgan fingerprint density at radius 1 is 1.25 bits per heavy atom. The molecule has 0 unspecified atom stereocenters. The second-order valence-corrected chi connectivity index (χ2v) is 7.55. The van der Waals surface area contributed by atoms with Crippen LogP contribution in [0.1, 0.15) is 29.2 Å². The number of carbonyl (C=O) groups is 1. The van der Waals surface area contributed by atoms with Crippen molar-refractivity contribution >= 4 is 16.8 Å². The number of hydrogen-bond donors (Lipinski definition) is 2. The zero-order chi connectivity index (χ0) is 19.7. The molecule has 0 radical (unpaired) electrons. The lowest BCUT2D eigenvalue weighted by atomic mass is 9.86. The summed E-state index contributed by atoms with van der Waals surface area (Å²) in [6, 6.07) is 14.5. The summed E-state index contributed by atoms with van der Waals surface area (Å²) in [7, 11) is 1.88. The van der Waals surface area contributed by atoms with Gasteiger partial charge in [0.2, 0.25) is 0 Å². The van der Waals surface area contributed by atoms with Gasteiger partial charge in [-0.2, -0.15) is 5.10 Å². The maximum absolute atomic E-state index is 12.5. The largest absolute Gasteiger partial charge is 0.391 e. The van der Waals surface area contributed by atoms with Crippen LogP contribution in [0.4, 0.5) is 4.79 Å². The van der Waals surface area contributed by atoms with Crippen LogP contribution in [-0.4, -0.2) is 45.0 Å². The molecule has 2 atom stereocenters. The van der Waals surface area contributed by atoms with Gasteiger partial charge in [-0.05, 0) is 29.7 Å². The standard InChI is InChI=1S/C22H26N4O2/c1-15-19(13-24-25(15)2)12-23-22(28)26-10-9-20(21(27)14-26)18-8-7-16-5-3-4-6-17(16)11-18/h3-8,11,13,20-21,27H,9-10,12,14H2,1-2H3,(H,23,28)/t20-,21+/m0/s1. The molecule has 6 heteroatoms. The van der Waals surface area contributed by atoms with E-state index >= 15 is 0 Å². The van der Waals surface area contributed by atoms with E-state index in [1.54, 1.807) is 15.8 Å². The van der Waals surface area contributed by atoms with E-state index in [2.05, 4.69) is 40.7 Å². The fourth-order valence-corrected chi connectivity index (χ4v) is 3.94. The number of likely N-dealkylation sites (tertiary alicyclic amines) is 1. The fraction of sp³-hybridized carbons (Fsp3) is 0.364. The number of nitrogens with one attached hydrogen (secondary N) is 1. The first-order chi connectivity index (χ1) is 13.5. The van der Waals surface area contributed by atoms with Crippen LogP contribution in [0, 0.1) is 6.92 Å². The molecule has 1 aliphatic rings. The van der Waals surface area contributed by atoms with E-state index in [0.717, 1.165) is 23.2 Å². The predicted molar refractivity (Wildman–Crippen MR) is 109 cm³/mol. The summed E-state index contributed by atoms with van der Waals surface area (Å²) in [5.74, 6) is 0.0502. The van der Waals surface area contributed by atoms with Crippen molar-refractivity contribution < 1.29 is 9.90 Å². The van der Waals surface area contributed by atoms with Gasteiger partial charge in [0.25, 0.3) is 0 Å². The molecule has 1 aliphatic heterocycles. The molecule has 4 rings (SSSR count). The predicted octanol–water partition coefficient (Wildman–Crippen LogP) is 2.94. The molecule has 1 saturated heterocycles. The molecule has 2 N–H and O–H groups in total. The van der Waals surface area contributed by atoms with Gasteiger partial charge in [0.1, 0.15) is 0 Å². The van der Waals surface area contributed by atoms with Gasteiger partial charge in [0.15, 0.2) is 0 Å². The van der Waals surface area contributed by atoms with E-state index in [-0.39, 0.29) is 11.9 Å². The van der Waals surface area contributed by atoms with Gasteiger partial charge in [-0.3, -0.25) is 4.68 Å². The van der Waals surface area contributed by atoms with E-state index < -0.39 is 6.10 Å². The highest BCUT2D eigenvalue weighted by Crippen LogP contribution is 2.30. The topological polar surface area (TPSA) is 70.4 Å². The zero-order valence-corrected chi connectivity index (χ0v) is 16.3. The molecule has 2 heterocycles. The minimum absolute atomic E-state index is 0.0502. The zero-order valence-electron chi connectivity index (χ0n) is 16.3. The highest BCUT2D eigenvalue weighted by molar-refractivity contribution is 5.83. The molecule has 0 saturated carbocycles. The number of aliphatic hydroxyl groups excluding tert-OH is 1. The molecule has 0 aliphatic carbocycles. The maximum Gasteiger partial charge on any atom is 0.317 e. The molecule has 6 nitrogen and oxygen atoms in total. The number of aliphatic hydroxyl groups is 1. The average Bonchev–Trinajstić information content (AvgIpc) is 3.03. The van der Waals surface area contributed by atoms with Crippen molar-refractivity contribution in [3.05, 3.63) is 65.5 Å². The second kappa shape index (κ2) is 7.64. The quantitative estimate of drug-likeness (QED) is 0.736. The number of rotatable bonds is 3. The van der Waals surface area contributed by atoms with Crippen LogP contribution < -0.4 is 5.32 Å². The van der Waals surface area contributed by atoms with Crippen molar-refractivity contribution in [2.24, 2.45) is 7.05 Å². The molecule has 1 aromatic heterocycles. The first-order valence-corrected chi connectivity index (χ1v) is 9.70. The van der Waals surface area contributed by atoms with Gasteiger partial charge in [0.05, 0.1) is 12.3 Å². The van der Waals surface area contributed by atoms with Crippen molar-refractivity contribution in [2.45, 2.75) is 31.9 Å². The van der Waals surface area contributed by atoms with Crippen LogP contribution in [-0.2, 0) is 13.6 Å². The summed E-state index contributed by atoms with van der Waals surface area (Å²) in [4.78, 5) is 14.2. The number of carbonyl (C=O) groups excluding carboxylic acids is 1. The summed E-state index contributed by atoms with van der Waals surface area (Å²) in [6.45, 7) is 3.40. The van der Waals surface area contributed by atoms with Crippen LogP contribution in [0.5, 0.6) is 0 Å². The summed E-state index contributed by atoms with van der Waals surface area (Å²) in [5, 5.41) is 20.2. The molecule has 28 heavy (non-hydrogen) atoms. The van der Waals surface area contributed by atoms with Gasteiger partial charge in [-0.1, -0.05) is 42.5 Å². The lowest BCUT2D eigenvalue weighted by Gasteiger charge is -2.36. The number of aromatic nitrogens is 2. The smallest absolute Gasteiger partial charge is 0.317 e. The lowest BCUT2D eigenvalue weighted by Crippen LogP contribution is -2.49. The molecule has 2 amide bonds. The van der Waals surface area contributed by atoms with Crippen LogP contribution in [0.3, 0.4) is 0 Å². The number of hydrogen-bond acceptors (Lipinski definition) is 3. The number of aryl methyl sites for hydroxylation is 1. The van der Waals surface area contributed by atoms with Gasteiger partial charge < -0.3 is 15.3 Å². The SMILES string of the molecule is Cc1c(CNC(=O)N2CC[C@@H](c3ccc4ccccc4c3)[C@H](O)C2)cnn1C. The van der Waals surface area contributed by atoms with Crippen LogP contribution in [0.2, 0.25) is 0 Å². The summed E-state index contributed by atoms with van der Waals surface area (Å²) >= 11 is 0.